The second-order valence-corrected chi connectivity index (χ2v) is 6.49. The molecule has 0 aromatic heterocycles. The number of halogens is 2. The normalized spacial score (nSPS) is 22.3. The highest BCUT2D eigenvalue weighted by Gasteiger charge is 2.40. The minimum absolute atomic E-state index is 0.0123. The molecule has 0 aliphatic carbocycles. The molecule has 1 aliphatic rings. The molecule has 1 aromatic carbocycles. The third-order valence-corrected chi connectivity index (χ3v) is 4.49. The van der Waals surface area contributed by atoms with Gasteiger partial charge in [0.1, 0.15) is 0 Å². The standard InChI is InChI=1S/C15H18Cl2N2O2/c1-15(14(21)18-2)5-6-19(9-15)8-13(20)11-7-10(16)3-4-12(11)17/h3-4,7H,5-6,8-9H2,1-2H3,(H,18,21). The van der Waals surface area contributed by atoms with Gasteiger partial charge >= 0.3 is 0 Å². The van der Waals surface area contributed by atoms with Gasteiger partial charge in [-0.15, -0.1) is 0 Å². The van der Waals surface area contributed by atoms with Gasteiger partial charge in [-0.3, -0.25) is 14.5 Å². The van der Waals surface area contributed by atoms with E-state index in [2.05, 4.69) is 5.32 Å². The fourth-order valence-electron chi connectivity index (χ4n) is 2.68. The number of rotatable bonds is 4. The Kier molecular flexibility index (Phi) is 4.91. The van der Waals surface area contributed by atoms with Crippen molar-refractivity contribution in [2.24, 2.45) is 5.41 Å². The van der Waals surface area contributed by atoms with E-state index in [1.165, 1.54) is 0 Å². The highest BCUT2D eigenvalue weighted by Crippen LogP contribution is 2.30. The summed E-state index contributed by atoms with van der Waals surface area (Å²) in [6.45, 7) is 3.44. The molecule has 4 nitrogen and oxygen atoms in total. The predicted octanol–water partition coefficient (Wildman–Crippen LogP) is 2.63. The van der Waals surface area contributed by atoms with E-state index in [9.17, 15) is 9.59 Å². The summed E-state index contributed by atoms with van der Waals surface area (Å²) in [5.74, 6) is -0.0677. The fourth-order valence-corrected chi connectivity index (χ4v) is 3.07. The average Bonchev–Trinajstić information content (AvgIpc) is 2.83. The zero-order valence-corrected chi connectivity index (χ0v) is 13.6. The van der Waals surface area contributed by atoms with E-state index < -0.39 is 5.41 Å². The van der Waals surface area contributed by atoms with E-state index in [-0.39, 0.29) is 18.2 Å². The van der Waals surface area contributed by atoms with E-state index in [4.69, 9.17) is 23.2 Å². The van der Waals surface area contributed by atoms with Crippen molar-refractivity contribution in [3.8, 4) is 0 Å². The van der Waals surface area contributed by atoms with Crippen LogP contribution in [0.4, 0.5) is 0 Å². The number of likely N-dealkylation sites (tertiary alicyclic amines) is 1. The minimum Gasteiger partial charge on any atom is -0.359 e. The van der Waals surface area contributed by atoms with Gasteiger partial charge in [0.2, 0.25) is 5.91 Å². The molecular formula is C15H18Cl2N2O2. The topological polar surface area (TPSA) is 49.4 Å². The van der Waals surface area contributed by atoms with Gasteiger partial charge in [-0.1, -0.05) is 23.2 Å². The quantitative estimate of drug-likeness (QED) is 0.864. The molecule has 6 heteroatoms. The number of carbonyl (C=O) groups excluding carboxylic acids is 2. The molecule has 1 N–H and O–H groups in total. The summed E-state index contributed by atoms with van der Waals surface area (Å²) in [5.41, 5.74) is -0.00891. The Labute approximate surface area is 134 Å². The van der Waals surface area contributed by atoms with Crippen LogP contribution >= 0.6 is 23.2 Å². The lowest BCUT2D eigenvalue weighted by Crippen LogP contribution is -2.40. The van der Waals surface area contributed by atoms with Crippen molar-refractivity contribution in [2.45, 2.75) is 13.3 Å². The van der Waals surface area contributed by atoms with Gasteiger partial charge in [0.05, 0.1) is 17.0 Å². The van der Waals surface area contributed by atoms with Gasteiger partial charge in [-0.05, 0) is 38.1 Å². The Morgan fingerprint density at radius 1 is 1.38 bits per heavy atom. The summed E-state index contributed by atoms with van der Waals surface area (Å²) in [6.07, 6.45) is 0.739. The summed E-state index contributed by atoms with van der Waals surface area (Å²) >= 11 is 11.9. The Morgan fingerprint density at radius 2 is 2.10 bits per heavy atom. The fraction of sp³-hybridized carbons (Fsp3) is 0.467. The number of nitrogens with one attached hydrogen (secondary N) is 1. The lowest BCUT2D eigenvalue weighted by Gasteiger charge is -2.22. The van der Waals surface area contributed by atoms with Crippen LogP contribution in [0.15, 0.2) is 18.2 Å². The molecule has 1 heterocycles. The van der Waals surface area contributed by atoms with Crippen LogP contribution in [0.2, 0.25) is 10.0 Å². The van der Waals surface area contributed by atoms with Crippen LogP contribution in [0, 0.1) is 5.41 Å². The SMILES string of the molecule is CNC(=O)C1(C)CCN(CC(=O)c2cc(Cl)ccc2Cl)C1. The Morgan fingerprint density at radius 3 is 2.76 bits per heavy atom. The summed E-state index contributed by atoms with van der Waals surface area (Å²) in [4.78, 5) is 26.2. The van der Waals surface area contributed by atoms with Gasteiger partial charge in [-0.25, -0.2) is 0 Å². The van der Waals surface area contributed by atoms with Gasteiger partial charge < -0.3 is 5.32 Å². The Hall–Kier alpha value is -1.10. The van der Waals surface area contributed by atoms with Crippen LogP contribution in [0.25, 0.3) is 0 Å². The Balaban J connectivity index is 2.05. The van der Waals surface area contributed by atoms with E-state index in [0.29, 0.717) is 28.7 Å². The number of carbonyl (C=O) groups is 2. The maximum absolute atomic E-state index is 12.3. The number of benzene rings is 1. The van der Waals surface area contributed by atoms with Gasteiger partial charge in [0.25, 0.3) is 0 Å². The van der Waals surface area contributed by atoms with E-state index in [1.807, 2.05) is 11.8 Å². The third kappa shape index (κ3) is 3.57. The lowest BCUT2D eigenvalue weighted by molar-refractivity contribution is -0.129. The molecule has 1 amide bonds. The molecule has 1 atom stereocenters. The molecule has 0 radical (unpaired) electrons. The molecule has 0 spiro atoms. The predicted molar refractivity (Wildman–Crippen MR) is 84.0 cm³/mol. The third-order valence-electron chi connectivity index (χ3n) is 3.92. The van der Waals surface area contributed by atoms with Crippen LogP contribution in [-0.2, 0) is 4.79 Å². The molecule has 0 saturated carbocycles. The van der Waals surface area contributed by atoms with Crippen LogP contribution < -0.4 is 5.32 Å². The highest BCUT2D eigenvalue weighted by atomic mass is 35.5. The lowest BCUT2D eigenvalue weighted by atomic mass is 9.89. The first-order valence-corrected chi connectivity index (χ1v) is 7.54. The maximum Gasteiger partial charge on any atom is 0.227 e. The summed E-state index contributed by atoms with van der Waals surface area (Å²) < 4.78 is 0. The molecule has 1 fully saturated rings. The van der Waals surface area contributed by atoms with Crippen LogP contribution in [0.3, 0.4) is 0 Å². The maximum atomic E-state index is 12.3. The molecule has 2 rings (SSSR count). The molecule has 114 valence electrons. The zero-order valence-electron chi connectivity index (χ0n) is 12.1. The van der Waals surface area contributed by atoms with E-state index >= 15 is 0 Å². The van der Waals surface area contributed by atoms with Gasteiger partial charge in [0, 0.05) is 24.2 Å². The van der Waals surface area contributed by atoms with Crippen molar-refractivity contribution in [1.82, 2.24) is 10.2 Å². The van der Waals surface area contributed by atoms with E-state index in [0.717, 1.165) is 6.42 Å². The molecule has 1 aliphatic heterocycles. The molecule has 21 heavy (non-hydrogen) atoms. The van der Waals surface area contributed by atoms with Crippen LogP contribution in [-0.4, -0.2) is 43.3 Å². The highest BCUT2D eigenvalue weighted by molar-refractivity contribution is 6.36. The summed E-state index contributed by atoms with van der Waals surface area (Å²) in [7, 11) is 1.63. The molecule has 1 saturated heterocycles. The van der Waals surface area contributed by atoms with Gasteiger partial charge in [-0.2, -0.15) is 0 Å². The first kappa shape index (κ1) is 16.3. The summed E-state index contributed by atoms with van der Waals surface area (Å²) in [5, 5.41) is 3.57. The van der Waals surface area contributed by atoms with E-state index in [1.54, 1.807) is 25.2 Å². The van der Waals surface area contributed by atoms with Crippen molar-refractivity contribution in [3.05, 3.63) is 33.8 Å². The van der Waals surface area contributed by atoms with Crippen LogP contribution in [0.5, 0.6) is 0 Å². The van der Waals surface area contributed by atoms with Crippen molar-refractivity contribution in [3.63, 3.8) is 0 Å². The second-order valence-electron chi connectivity index (χ2n) is 5.65. The molecule has 1 unspecified atom stereocenters. The van der Waals surface area contributed by atoms with Crippen LogP contribution in [0.1, 0.15) is 23.7 Å². The number of nitrogens with zero attached hydrogens (tertiary/aromatic N) is 1. The van der Waals surface area contributed by atoms with Gasteiger partial charge in [0.15, 0.2) is 5.78 Å². The monoisotopic (exact) mass is 328 g/mol. The smallest absolute Gasteiger partial charge is 0.227 e. The number of amides is 1. The van der Waals surface area contributed by atoms with Crippen molar-refractivity contribution < 1.29 is 9.59 Å². The zero-order chi connectivity index (χ0) is 15.6. The van der Waals surface area contributed by atoms with Crippen molar-refractivity contribution in [1.29, 1.82) is 0 Å². The largest absolute Gasteiger partial charge is 0.359 e. The molecule has 0 bridgehead atoms. The number of hydrogen-bond donors (Lipinski definition) is 1. The first-order chi connectivity index (χ1) is 9.85. The molecule has 1 aromatic rings. The number of Topliss-reactive ketones (excluding diaryl/α,β-unsaturated/α-hetero) is 1. The van der Waals surface area contributed by atoms with Crippen molar-refractivity contribution >= 4 is 34.9 Å². The minimum atomic E-state index is -0.437. The molecular weight excluding hydrogens is 311 g/mol. The van der Waals surface area contributed by atoms with Crippen molar-refractivity contribution in [2.75, 3.05) is 26.7 Å². The second kappa shape index (κ2) is 6.34. The summed E-state index contributed by atoms with van der Waals surface area (Å²) in [6, 6.07) is 4.86. The first-order valence-electron chi connectivity index (χ1n) is 6.78. The number of ketones is 1. The average molecular weight is 329 g/mol. The Bertz CT molecular complexity index is 577. The number of hydrogen-bond acceptors (Lipinski definition) is 3.